The van der Waals surface area contributed by atoms with Gasteiger partial charge in [-0.2, -0.15) is 17.6 Å². The highest BCUT2D eigenvalue weighted by atomic mass is 32.2. The second-order valence-electron chi connectivity index (χ2n) is 9.21. The van der Waals surface area contributed by atoms with E-state index in [-0.39, 0.29) is 22.4 Å². The van der Waals surface area contributed by atoms with E-state index < -0.39 is 15.8 Å². The maximum atomic E-state index is 14.1. The van der Waals surface area contributed by atoms with Gasteiger partial charge in [0.05, 0.1) is 23.2 Å². The van der Waals surface area contributed by atoms with Gasteiger partial charge in [0, 0.05) is 36.5 Å². The molecule has 3 aromatic rings. The first-order valence-electron chi connectivity index (χ1n) is 11.9. The molecular formula is C25H29FN4O4S. The Morgan fingerprint density at radius 2 is 1.69 bits per heavy atom. The summed E-state index contributed by atoms with van der Waals surface area (Å²) in [4.78, 5) is 16.1. The first-order chi connectivity index (χ1) is 16.9. The Morgan fingerprint density at radius 1 is 1.00 bits per heavy atom. The number of piperidine rings is 2. The summed E-state index contributed by atoms with van der Waals surface area (Å²) in [6, 6.07) is 12.8. The molecule has 35 heavy (non-hydrogen) atoms. The Balaban J connectivity index is 1.36. The lowest BCUT2D eigenvalue weighted by molar-refractivity contribution is 0.0732. The Hall–Kier alpha value is -2.98. The van der Waals surface area contributed by atoms with Crippen LogP contribution >= 0.6 is 0 Å². The Bertz CT molecular complexity index is 1310. The van der Waals surface area contributed by atoms with E-state index >= 15 is 0 Å². The first-order valence-corrected chi connectivity index (χ1v) is 13.4. The van der Waals surface area contributed by atoms with Gasteiger partial charge in [0.25, 0.3) is 10.0 Å². The summed E-state index contributed by atoms with van der Waals surface area (Å²) in [6.07, 6.45) is 3.22. The van der Waals surface area contributed by atoms with Crippen molar-refractivity contribution in [2.24, 2.45) is 0 Å². The minimum atomic E-state index is -3.96. The predicted octanol–water partition coefficient (Wildman–Crippen LogP) is 3.82. The molecule has 0 aliphatic carbocycles. The summed E-state index contributed by atoms with van der Waals surface area (Å²) in [6.45, 7) is 3.12. The van der Waals surface area contributed by atoms with Crippen LogP contribution in [0.15, 0.2) is 53.4 Å². The van der Waals surface area contributed by atoms with E-state index in [0.717, 1.165) is 42.9 Å². The van der Waals surface area contributed by atoms with Crippen LogP contribution in [0.1, 0.15) is 37.3 Å². The van der Waals surface area contributed by atoms with E-state index in [1.165, 1.54) is 31.4 Å². The van der Waals surface area contributed by atoms with Gasteiger partial charge in [-0.05, 0) is 63.0 Å². The van der Waals surface area contributed by atoms with Crippen LogP contribution in [-0.4, -0.2) is 72.8 Å². The predicted molar refractivity (Wildman–Crippen MR) is 129 cm³/mol. The van der Waals surface area contributed by atoms with Crippen LogP contribution in [0.2, 0.25) is 0 Å². The zero-order chi connectivity index (χ0) is 24.6. The quantitative estimate of drug-likeness (QED) is 0.542. The van der Waals surface area contributed by atoms with Gasteiger partial charge in [-0.3, -0.25) is 0 Å². The topological polar surface area (TPSA) is 84.7 Å². The van der Waals surface area contributed by atoms with Crippen LogP contribution in [0, 0.1) is 5.82 Å². The first kappa shape index (κ1) is 23.7. The molecular weight excluding hydrogens is 471 g/mol. The molecule has 0 N–H and O–H groups in total. The Kier molecular flexibility index (Phi) is 6.50. The van der Waals surface area contributed by atoms with Crippen molar-refractivity contribution in [2.75, 3.05) is 33.3 Å². The van der Waals surface area contributed by atoms with Gasteiger partial charge in [-0.15, -0.1) is 0 Å². The Morgan fingerprint density at radius 3 is 2.34 bits per heavy atom. The highest BCUT2D eigenvalue weighted by Crippen LogP contribution is 2.35. The third kappa shape index (κ3) is 4.52. The number of benzene rings is 2. The van der Waals surface area contributed by atoms with Crippen molar-refractivity contribution in [2.45, 2.75) is 42.5 Å². The minimum Gasteiger partial charge on any atom is -0.453 e. The summed E-state index contributed by atoms with van der Waals surface area (Å²) in [5.41, 5.74) is 0.973. The average Bonchev–Trinajstić information content (AvgIpc) is 3.28. The molecule has 2 saturated heterocycles. The van der Waals surface area contributed by atoms with E-state index in [2.05, 4.69) is 10.00 Å². The molecule has 0 radical (unpaired) electrons. The lowest BCUT2D eigenvalue weighted by atomic mass is 9.90. The number of rotatable bonds is 4. The number of carbonyl (C=O) groups is 1. The van der Waals surface area contributed by atoms with Crippen LogP contribution in [0.5, 0.6) is 0 Å². The molecule has 10 heteroatoms. The van der Waals surface area contributed by atoms with Gasteiger partial charge in [-0.25, -0.2) is 9.18 Å². The highest BCUT2D eigenvalue weighted by molar-refractivity contribution is 7.90. The molecule has 1 aromatic heterocycles. The van der Waals surface area contributed by atoms with Gasteiger partial charge in [-0.1, -0.05) is 18.2 Å². The maximum absolute atomic E-state index is 14.1. The number of nitrogens with zero attached hydrogens (tertiary/aromatic N) is 4. The molecule has 0 spiro atoms. The van der Waals surface area contributed by atoms with Crippen molar-refractivity contribution in [1.82, 2.24) is 19.0 Å². The van der Waals surface area contributed by atoms with Crippen LogP contribution in [0.3, 0.4) is 0 Å². The van der Waals surface area contributed by atoms with Crippen LogP contribution in [0.25, 0.3) is 10.9 Å². The summed E-state index contributed by atoms with van der Waals surface area (Å²) in [5, 5.41) is 5.24. The lowest BCUT2D eigenvalue weighted by Crippen LogP contribution is -2.48. The molecule has 3 heterocycles. The summed E-state index contributed by atoms with van der Waals surface area (Å²) in [5.74, 6) is -0.414. The second kappa shape index (κ2) is 9.58. The third-order valence-corrected chi connectivity index (χ3v) is 8.84. The molecule has 2 aromatic carbocycles. The van der Waals surface area contributed by atoms with Crippen LogP contribution in [-0.2, 0) is 14.8 Å². The number of fused-ring (bicyclic) bond motifs is 1. The molecule has 2 aliphatic heterocycles. The number of carbonyl (C=O) groups excluding carboxylic acids is 1. The molecule has 186 valence electrons. The number of hydrogen-bond acceptors (Lipinski definition) is 6. The van der Waals surface area contributed by atoms with E-state index in [1.807, 2.05) is 0 Å². The van der Waals surface area contributed by atoms with Gasteiger partial charge >= 0.3 is 6.09 Å². The summed E-state index contributed by atoms with van der Waals surface area (Å²) in [7, 11) is -2.55. The summed E-state index contributed by atoms with van der Waals surface area (Å²) < 4.78 is 46.6. The fourth-order valence-corrected chi connectivity index (χ4v) is 6.65. The number of halogens is 1. The lowest BCUT2D eigenvalue weighted by Gasteiger charge is -2.41. The number of aromatic nitrogens is 2. The number of hydrogen-bond donors (Lipinski definition) is 0. The van der Waals surface area contributed by atoms with E-state index in [9.17, 15) is 17.6 Å². The largest absolute Gasteiger partial charge is 0.453 e. The van der Waals surface area contributed by atoms with Gasteiger partial charge in [0.2, 0.25) is 0 Å². The van der Waals surface area contributed by atoms with Crippen molar-refractivity contribution < 1.29 is 22.3 Å². The van der Waals surface area contributed by atoms with E-state index in [4.69, 9.17) is 4.74 Å². The highest BCUT2D eigenvalue weighted by Gasteiger charge is 2.33. The molecule has 2 fully saturated rings. The number of methoxy groups -OCH3 is 1. The smallest absolute Gasteiger partial charge is 0.409 e. The molecule has 0 saturated carbocycles. The molecule has 2 aliphatic rings. The zero-order valence-electron chi connectivity index (χ0n) is 19.6. The summed E-state index contributed by atoms with van der Waals surface area (Å²) >= 11 is 0. The molecule has 8 nitrogen and oxygen atoms in total. The van der Waals surface area contributed by atoms with Crippen molar-refractivity contribution in [1.29, 1.82) is 0 Å². The van der Waals surface area contributed by atoms with Crippen molar-refractivity contribution in [3.63, 3.8) is 0 Å². The van der Waals surface area contributed by atoms with Crippen molar-refractivity contribution in [3.8, 4) is 0 Å². The fraction of sp³-hybridized carbons (Fsp3) is 0.440. The number of amides is 1. The van der Waals surface area contributed by atoms with Gasteiger partial charge < -0.3 is 14.5 Å². The van der Waals surface area contributed by atoms with Gasteiger partial charge in [0.15, 0.2) is 0 Å². The molecule has 0 atom stereocenters. The third-order valence-electron chi connectivity index (χ3n) is 7.24. The van der Waals surface area contributed by atoms with Crippen molar-refractivity contribution in [3.05, 3.63) is 60.0 Å². The molecule has 0 bridgehead atoms. The molecule has 5 rings (SSSR count). The normalized spacial score (nSPS) is 18.7. The van der Waals surface area contributed by atoms with Crippen molar-refractivity contribution >= 4 is 27.0 Å². The van der Waals surface area contributed by atoms with E-state index in [0.29, 0.717) is 30.2 Å². The average molecular weight is 501 g/mol. The monoisotopic (exact) mass is 500 g/mol. The van der Waals surface area contributed by atoms with Crippen LogP contribution in [0.4, 0.5) is 9.18 Å². The van der Waals surface area contributed by atoms with Gasteiger partial charge in [0.1, 0.15) is 5.82 Å². The maximum Gasteiger partial charge on any atom is 0.409 e. The fourth-order valence-electron chi connectivity index (χ4n) is 5.34. The standard InChI is InChI=1S/C25H29FN4O4S/c1-34-25(31)29-15-11-20(12-16-29)28-13-9-18(10-14-28)24-22-8-7-19(26)17-23(22)30(27-24)35(32,33)21-5-3-2-4-6-21/h2-8,17-18,20H,9-16H2,1H3. The van der Waals surface area contributed by atoms with Crippen LogP contribution < -0.4 is 0 Å². The number of ether oxygens (including phenoxy) is 1. The molecule has 1 amide bonds. The SMILES string of the molecule is COC(=O)N1CCC(N2CCC(c3nn(S(=O)(=O)c4ccccc4)c4cc(F)ccc34)CC2)CC1. The zero-order valence-corrected chi connectivity index (χ0v) is 20.5. The Labute approximate surface area is 204 Å². The van der Waals surface area contributed by atoms with E-state index in [1.54, 1.807) is 29.2 Å². The number of likely N-dealkylation sites (tertiary alicyclic amines) is 2. The molecule has 0 unspecified atom stereocenters. The second-order valence-corrected chi connectivity index (χ2v) is 11.0. The minimum absolute atomic E-state index is 0.0848.